The zero-order chi connectivity index (χ0) is 22.2. The van der Waals surface area contributed by atoms with Crippen LogP contribution in [0.1, 0.15) is 32.8 Å². The summed E-state index contributed by atoms with van der Waals surface area (Å²) in [4.78, 5) is 50.2. The number of hydrogen-bond donors (Lipinski definition) is 0. The van der Waals surface area contributed by atoms with E-state index in [-0.39, 0.29) is 12.2 Å². The minimum absolute atomic E-state index is 0.200. The van der Waals surface area contributed by atoms with Gasteiger partial charge in [0.1, 0.15) is 12.2 Å². The van der Waals surface area contributed by atoms with E-state index in [1.165, 1.54) is 0 Å². The highest BCUT2D eigenvalue weighted by Gasteiger charge is 2.58. The second kappa shape index (κ2) is 9.86. The Morgan fingerprint density at radius 2 is 1.41 bits per heavy atom. The Morgan fingerprint density at radius 1 is 0.897 bits per heavy atom. The number of rotatable bonds is 8. The first kappa shape index (κ1) is 23.9. The van der Waals surface area contributed by atoms with E-state index in [2.05, 4.69) is 16.1 Å². The minimum Gasteiger partial charge on any atom is -0.468 e. The van der Waals surface area contributed by atoms with E-state index in [0.717, 1.165) is 14.2 Å². The number of benzene rings is 1. The average molecular weight is 406 g/mol. The summed E-state index contributed by atoms with van der Waals surface area (Å²) in [5.41, 5.74) is -3.04. The van der Waals surface area contributed by atoms with Crippen molar-refractivity contribution in [3.8, 4) is 0 Å². The van der Waals surface area contributed by atoms with E-state index in [0.29, 0.717) is 5.56 Å². The zero-order valence-corrected chi connectivity index (χ0v) is 17.3. The van der Waals surface area contributed by atoms with E-state index < -0.39 is 41.3 Å². The zero-order valence-electron chi connectivity index (χ0n) is 17.3. The summed E-state index contributed by atoms with van der Waals surface area (Å²) in [5, 5.41) is 0. The molecule has 0 aliphatic rings. The second-order valence-electron chi connectivity index (χ2n) is 7.23. The van der Waals surface area contributed by atoms with Crippen molar-refractivity contribution in [2.75, 3.05) is 14.2 Å². The van der Waals surface area contributed by atoms with Gasteiger partial charge >= 0.3 is 23.9 Å². The molecule has 0 N–H and O–H groups in total. The Balaban J connectivity index is 3.21. The Labute approximate surface area is 169 Å². The van der Waals surface area contributed by atoms with Crippen LogP contribution in [-0.2, 0) is 44.7 Å². The standard InChI is InChI=1S/C21H26O8/c1-14(16(22)29-20(2,3)4)12-21(17(23)26-5,18(24)27-6)19(25)28-13-15-10-8-7-9-11-15/h7-11H,1,12-13H2,2-6H3. The molecular formula is C21H26O8. The maximum Gasteiger partial charge on any atom is 0.335 e. The van der Waals surface area contributed by atoms with Crippen LogP contribution in [0.15, 0.2) is 42.5 Å². The Kier molecular flexibility index (Phi) is 8.12. The lowest BCUT2D eigenvalue weighted by Crippen LogP contribution is -2.49. The molecule has 0 fully saturated rings. The number of esters is 4. The molecule has 0 atom stereocenters. The van der Waals surface area contributed by atoms with Crippen molar-refractivity contribution in [1.82, 2.24) is 0 Å². The lowest BCUT2D eigenvalue weighted by Gasteiger charge is -2.27. The predicted molar refractivity (Wildman–Crippen MR) is 102 cm³/mol. The number of hydrogen-bond acceptors (Lipinski definition) is 8. The molecule has 0 unspecified atom stereocenters. The smallest absolute Gasteiger partial charge is 0.335 e. The van der Waals surface area contributed by atoms with E-state index in [1.54, 1.807) is 51.1 Å². The summed E-state index contributed by atoms with van der Waals surface area (Å²) in [6.07, 6.45) is -0.713. The summed E-state index contributed by atoms with van der Waals surface area (Å²) >= 11 is 0. The molecule has 29 heavy (non-hydrogen) atoms. The number of ether oxygens (including phenoxy) is 4. The molecule has 0 bridgehead atoms. The highest BCUT2D eigenvalue weighted by atomic mass is 16.6. The highest BCUT2D eigenvalue weighted by molar-refractivity contribution is 6.18. The molecule has 0 spiro atoms. The highest BCUT2D eigenvalue weighted by Crippen LogP contribution is 2.32. The van der Waals surface area contributed by atoms with Crippen LogP contribution >= 0.6 is 0 Å². The van der Waals surface area contributed by atoms with Gasteiger partial charge in [0.15, 0.2) is 0 Å². The van der Waals surface area contributed by atoms with Gasteiger partial charge in [-0.2, -0.15) is 0 Å². The summed E-state index contributed by atoms with van der Waals surface area (Å²) in [6, 6.07) is 8.65. The molecule has 0 saturated heterocycles. The number of carbonyl (C=O) groups is 4. The third-order valence-corrected chi connectivity index (χ3v) is 3.80. The maximum atomic E-state index is 12.9. The van der Waals surface area contributed by atoms with Crippen LogP contribution in [0.5, 0.6) is 0 Å². The van der Waals surface area contributed by atoms with Crippen LogP contribution in [0.25, 0.3) is 0 Å². The van der Waals surface area contributed by atoms with Crippen molar-refractivity contribution < 1.29 is 38.1 Å². The maximum absolute atomic E-state index is 12.9. The quantitative estimate of drug-likeness (QED) is 0.280. The van der Waals surface area contributed by atoms with Gasteiger partial charge in [-0.3, -0.25) is 14.4 Å². The van der Waals surface area contributed by atoms with E-state index in [4.69, 9.17) is 9.47 Å². The van der Waals surface area contributed by atoms with Gasteiger partial charge in [0.25, 0.3) is 5.41 Å². The number of carbonyl (C=O) groups excluding carboxylic acids is 4. The molecule has 0 saturated carbocycles. The fourth-order valence-electron chi connectivity index (χ4n) is 2.40. The molecule has 1 aromatic rings. The topological polar surface area (TPSA) is 105 Å². The van der Waals surface area contributed by atoms with Gasteiger partial charge in [0.2, 0.25) is 0 Å². The van der Waals surface area contributed by atoms with Crippen molar-refractivity contribution in [1.29, 1.82) is 0 Å². The van der Waals surface area contributed by atoms with Crippen molar-refractivity contribution in [2.24, 2.45) is 5.41 Å². The Morgan fingerprint density at radius 3 is 1.86 bits per heavy atom. The monoisotopic (exact) mass is 406 g/mol. The largest absolute Gasteiger partial charge is 0.468 e. The van der Waals surface area contributed by atoms with Gasteiger partial charge in [-0.1, -0.05) is 36.9 Å². The normalized spacial score (nSPS) is 11.2. The first-order valence-electron chi connectivity index (χ1n) is 8.77. The van der Waals surface area contributed by atoms with Gasteiger partial charge in [0.05, 0.1) is 14.2 Å². The number of methoxy groups -OCH3 is 2. The summed E-state index contributed by atoms with van der Waals surface area (Å²) in [6.45, 7) is 8.28. The van der Waals surface area contributed by atoms with Crippen molar-refractivity contribution in [3.05, 3.63) is 48.0 Å². The van der Waals surface area contributed by atoms with Crippen molar-refractivity contribution in [3.63, 3.8) is 0 Å². The minimum atomic E-state index is -2.55. The lowest BCUT2D eigenvalue weighted by atomic mass is 9.81. The van der Waals surface area contributed by atoms with Gasteiger partial charge in [-0.25, -0.2) is 4.79 Å². The van der Waals surface area contributed by atoms with Gasteiger partial charge in [0, 0.05) is 12.0 Å². The van der Waals surface area contributed by atoms with Crippen LogP contribution in [-0.4, -0.2) is 43.7 Å². The first-order chi connectivity index (χ1) is 13.5. The Hall–Kier alpha value is -3.16. The SMILES string of the molecule is C=C(CC(C(=O)OC)(C(=O)OC)C(=O)OCc1ccccc1)C(=O)OC(C)(C)C. The van der Waals surface area contributed by atoms with E-state index >= 15 is 0 Å². The molecule has 158 valence electrons. The fourth-order valence-corrected chi connectivity index (χ4v) is 2.40. The van der Waals surface area contributed by atoms with Crippen LogP contribution in [0.3, 0.4) is 0 Å². The molecule has 1 rings (SSSR count). The lowest BCUT2D eigenvalue weighted by molar-refractivity contribution is -0.182. The predicted octanol–water partition coefficient (Wildman–Crippen LogP) is 2.35. The summed E-state index contributed by atoms with van der Waals surface area (Å²) in [5.74, 6) is -4.55. The van der Waals surface area contributed by atoms with Crippen LogP contribution in [0, 0.1) is 5.41 Å². The summed E-state index contributed by atoms with van der Waals surface area (Å²) < 4.78 is 19.7. The van der Waals surface area contributed by atoms with Crippen molar-refractivity contribution >= 4 is 23.9 Å². The molecule has 1 aromatic carbocycles. The average Bonchev–Trinajstić information content (AvgIpc) is 2.68. The summed E-state index contributed by atoms with van der Waals surface area (Å²) in [7, 11) is 2.00. The molecule has 8 heteroatoms. The van der Waals surface area contributed by atoms with Crippen LogP contribution < -0.4 is 0 Å². The second-order valence-corrected chi connectivity index (χ2v) is 7.23. The first-order valence-corrected chi connectivity index (χ1v) is 8.77. The molecule has 0 radical (unpaired) electrons. The molecule has 8 nitrogen and oxygen atoms in total. The molecule has 0 aromatic heterocycles. The molecule has 0 heterocycles. The fraction of sp³-hybridized carbons (Fsp3) is 0.429. The van der Waals surface area contributed by atoms with Crippen LogP contribution in [0.4, 0.5) is 0 Å². The Bertz CT molecular complexity index is 758. The third-order valence-electron chi connectivity index (χ3n) is 3.80. The van der Waals surface area contributed by atoms with Gasteiger partial charge < -0.3 is 18.9 Å². The molecule has 0 aliphatic heterocycles. The molecule has 0 amide bonds. The van der Waals surface area contributed by atoms with Crippen molar-refractivity contribution in [2.45, 2.75) is 39.4 Å². The third kappa shape index (κ3) is 6.17. The van der Waals surface area contributed by atoms with E-state index in [1.807, 2.05) is 0 Å². The van der Waals surface area contributed by atoms with Gasteiger partial charge in [-0.05, 0) is 26.3 Å². The van der Waals surface area contributed by atoms with Crippen LogP contribution in [0.2, 0.25) is 0 Å². The van der Waals surface area contributed by atoms with E-state index in [9.17, 15) is 19.2 Å². The molecule has 0 aliphatic carbocycles. The molecular weight excluding hydrogens is 380 g/mol. The van der Waals surface area contributed by atoms with Gasteiger partial charge in [-0.15, -0.1) is 0 Å².